The highest BCUT2D eigenvalue weighted by molar-refractivity contribution is 6.33. The van der Waals surface area contributed by atoms with E-state index in [0.29, 0.717) is 34.0 Å². The fourth-order valence-corrected chi connectivity index (χ4v) is 5.34. The number of aryl methyl sites for hydroxylation is 1. The highest BCUT2D eigenvalue weighted by Gasteiger charge is 2.35. The number of benzene rings is 1. The minimum Gasteiger partial charge on any atom is -0.460 e. The van der Waals surface area contributed by atoms with Gasteiger partial charge in [0.15, 0.2) is 5.82 Å². The summed E-state index contributed by atoms with van der Waals surface area (Å²) in [6, 6.07) is 5.28. The first kappa shape index (κ1) is 28.1. The van der Waals surface area contributed by atoms with Gasteiger partial charge >= 0.3 is 5.97 Å². The van der Waals surface area contributed by atoms with Crippen LogP contribution in [0.5, 0.6) is 0 Å². The van der Waals surface area contributed by atoms with Gasteiger partial charge in [0.1, 0.15) is 17.2 Å². The van der Waals surface area contributed by atoms with Crippen molar-refractivity contribution in [3.63, 3.8) is 0 Å². The van der Waals surface area contributed by atoms with Gasteiger partial charge in [-0.25, -0.2) is 18.6 Å². The summed E-state index contributed by atoms with van der Waals surface area (Å²) in [4.78, 5) is 36.5. The number of unbranched alkanes of at least 4 members (excludes halogenated alkanes) is 3. The fourth-order valence-electron chi connectivity index (χ4n) is 5.20. The van der Waals surface area contributed by atoms with Crippen LogP contribution in [-0.2, 0) is 11.8 Å². The van der Waals surface area contributed by atoms with Crippen LogP contribution in [0, 0.1) is 0 Å². The Morgan fingerprint density at radius 1 is 1.20 bits per heavy atom. The summed E-state index contributed by atoms with van der Waals surface area (Å²) in [5.41, 5.74) is 1.26. The lowest BCUT2D eigenvalue weighted by Gasteiger charge is -2.31. The van der Waals surface area contributed by atoms with Gasteiger partial charge in [-0.05, 0) is 24.6 Å². The Hall–Kier alpha value is -3.47. The van der Waals surface area contributed by atoms with Crippen LogP contribution < -0.4 is 21.1 Å². The Morgan fingerprint density at radius 2 is 1.98 bits per heavy atom. The topological polar surface area (TPSA) is 101 Å². The largest absolute Gasteiger partial charge is 0.460 e. The quantitative estimate of drug-likeness (QED) is 0.254. The van der Waals surface area contributed by atoms with Gasteiger partial charge in [0.05, 0.1) is 23.4 Å². The number of hydrogen-bond donors (Lipinski definition) is 2. The number of cyclic esters (lactones) is 1. The third-order valence-electron chi connectivity index (χ3n) is 7.54. The summed E-state index contributed by atoms with van der Waals surface area (Å²) in [5.74, 6) is -2.69. The second-order valence-electron chi connectivity index (χ2n) is 10.5. The molecule has 12 heteroatoms. The number of fused-ring (bicyclic) bond motifs is 3. The number of alkyl halides is 2. The van der Waals surface area contributed by atoms with E-state index < -0.39 is 17.5 Å². The van der Waals surface area contributed by atoms with Gasteiger partial charge in [0, 0.05) is 44.1 Å². The van der Waals surface area contributed by atoms with Crippen LogP contribution in [0.2, 0.25) is 5.02 Å². The van der Waals surface area contributed by atoms with Crippen molar-refractivity contribution in [2.45, 2.75) is 63.8 Å². The summed E-state index contributed by atoms with van der Waals surface area (Å²) in [7, 11) is 1.62. The predicted molar refractivity (Wildman–Crippen MR) is 152 cm³/mol. The fraction of sp³-hybridized carbons (Fsp3) is 0.500. The van der Waals surface area contributed by atoms with E-state index in [1.807, 2.05) is 6.07 Å². The average Bonchev–Trinajstić information content (AvgIpc) is 3.10. The lowest BCUT2D eigenvalue weighted by Crippen LogP contribution is -2.40. The van der Waals surface area contributed by atoms with Crippen LogP contribution in [0.25, 0.3) is 10.9 Å². The SMILES string of the molecule is CCCCCCC1COC(=O)c2c(c3cc(Nc4nc(N5CCC(F)(F)CC5)ncc4Cl)ccc3n(C)c2=O)N1. The minimum absolute atomic E-state index is 0.0209. The normalized spacial score (nSPS) is 18.6. The molecule has 0 radical (unpaired) electrons. The van der Waals surface area contributed by atoms with Gasteiger partial charge in [0.2, 0.25) is 5.95 Å². The minimum atomic E-state index is -2.68. The lowest BCUT2D eigenvalue weighted by atomic mass is 10.0. The van der Waals surface area contributed by atoms with Gasteiger partial charge in [-0.2, -0.15) is 4.98 Å². The first-order valence-electron chi connectivity index (χ1n) is 13.7. The number of rotatable bonds is 8. The second-order valence-corrected chi connectivity index (χ2v) is 10.9. The summed E-state index contributed by atoms with van der Waals surface area (Å²) >= 11 is 6.40. The maximum atomic E-state index is 13.6. The molecule has 4 heterocycles. The highest BCUT2D eigenvalue weighted by Crippen LogP contribution is 2.34. The molecule has 1 fully saturated rings. The Morgan fingerprint density at radius 3 is 2.73 bits per heavy atom. The molecule has 3 aromatic rings. The summed E-state index contributed by atoms with van der Waals surface area (Å²) in [5, 5.41) is 7.56. The molecular weight excluding hydrogens is 542 g/mol. The highest BCUT2D eigenvalue weighted by atomic mass is 35.5. The standard InChI is InChI=1S/C28H33ClF2N6O3/c1-3-4-5-6-7-18-16-40-26(39)22-23(33-18)19-14-17(8-9-21(19)36(2)25(22)38)34-24-20(29)15-32-27(35-24)37-12-10-28(30,31)11-13-37/h8-9,14-15,18,33H,3-7,10-13,16H2,1-2H3,(H,32,34,35). The Balaban J connectivity index is 1.47. The zero-order valence-corrected chi connectivity index (χ0v) is 23.4. The second kappa shape index (κ2) is 11.6. The summed E-state index contributed by atoms with van der Waals surface area (Å²) in [6.45, 7) is 2.63. The number of pyridine rings is 1. The molecule has 1 unspecified atom stereocenters. The van der Waals surface area contributed by atoms with Crippen molar-refractivity contribution in [2.75, 3.05) is 35.2 Å². The van der Waals surface area contributed by atoms with E-state index in [1.165, 1.54) is 10.8 Å². The molecule has 40 heavy (non-hydrogen) atoms. The van der Waals surface area contributed by atoms with E-state index in [2.05, 4.69) is 27.5 Å². The number of hydrogen-bond acceptors (Lipinski definition) is 8. The van der Waals surface area contributed by atoms with Crippen LogP contribution in [0.15, 0.2) is 29.2 Å². The zero-order valence-electron chi connectivity index (χ0n) is 22.6. The number of esters is 1. The zero-order chi connectivity index (χ0) is 28.4. The van der Waals surface area contributed by atoms with E-state index in [1.54, 1.807) is 24.1 Å². The third kappa shape index (κ3) is 5.84. The number of carbonyl (C=O) groups is 1. The molecule has 9 nitrogen and oxygen atoms in total. The number of piperidine rings is 1. The van der Waals surface area contributed by atoms with Gasteiger partial charge < -0.3 is 24.8 Å². The molecule has 214 valence electrons. The number of carbonyl (C=O) groups excluding carboxylic acids is 1. The third-order valence-corrected chi connectivity index (χ3v) is 7.82. The van der Waals surface area contributed by atoms with E-state index in [0.717, 1.165) is 32.1 Å². The van der Waals surface area contributed by atoms with E-state index in [9.17, 15) is 18.4 Å². The number of ether oxygens (including phenoxy) is 1. The molecule has 1 aromatic carbocycles. The molecule has 2 aromatic heterocycles. The molecular formula is C28H33ClF2N6O3. The van der Waals surface area contributed by atoms with E-state index in [-0.39, 0.29) is 49.2 Å². The molecule has 0 bridgehead atoms. The van der Waals surface area contributed by atoms with Crippen molar-refractivity contribution in [2.24, 2.45) is 7.05 Å². The number of aromatic nitrogens is 3. The number of anilines is 4. The van der Waals surface area contributed by atoms with E-state index >= 15 is 0 Å². The maximum Gasteiger partial charge on any atom is 0.346 e. The molecule has 2 N–H and O–H groups in total. The van der Waals surface area contributed by atoms with Gasteiger partial charge in [-0.1, -0.05) is 44.2 Å². The van der Waals surface area contributed by atoms with Crippen LogP contribution in [-0.4, -0.2) is 52.2 Å². The molecule has 2 aliphatic heterocycles. The van der Waals surface area contributed by atoms with Gasteiger partial charge in [0.25, 0.3) is 11.5 Å². The van der Waals surface area contributed by atoms with Crippen molar-refractivity contribution >= 4 is 51.6 Å². The lowest BCUT2D eigenvalue weighted by molar-refractivity contribution is -0.0222. The van der Waals surface area contributed by atoms with Crippen molar-refractivity contribution in [3.8, 4) is 0 Å². The van der Waals surface area contributed by atoms with Gasteiger partial charge in [-0.15, -0.1) is 0 Å². The van der Waals surface area contributed by atoms with Crippen molar-refractivity contribution < 1.29 is 18.3 Å². The number of nitrogens with zero attached hydrogens (tertiary/aromatic N) is 4. The number of halogens is 3. The molecule has 1 saturated heterocycles. The Bertz CT molecular complexity index is 1470. The predicted octanol–water partition coefficient (Wildman–Crippen LogP) is 5.88. The molecule has 5 rings (SSSR count). The summed E-state index contributed by atoms with van der Waals surface area (Å²) in [6.07, 6.45) is 6.06. The van der Waals surface area contributed by atoms with Crippen LogP contribution in [0.1, 0.15) is 62.2 Å². The maximum absolute atomic E-state index is 13.6. The Kier molecular flexibility index (Phi) is 8.11. The van der Waals surface area contributed by atoms with Crippen molar-refractivity contribution in [3.05, 3.63) is 45.3 Å². The number of nitrogens with one attached hydrogen (secondary N) is 2. The van der Waals surface area contributed by atoms with Gasteiger partial charge in [-0.3, -0.25) is 4.79 Å². The summed E-state index contributed by atoms with van der Waals surface area (Å²) < 4.78 is 34.2. The Labute approximate surface area is 235 Å². The molecule has 2 aliphatic rings. The van der Waals surface area contributed by atoms with Crippen LogP contribution in [0.3, 0.4) is 0 Å². The monoisotopic (exact) mass is 574 g/mol. The molecule has 0 spiro atoms. The van der Waals surface area contributed by atoms with Crippen LogP contribution in [0.4, 0.5) is 31.9 Å². The first-order valence-corrected chi connectivity index (χ1v) is 14.1. The van der Waals surface area contributed by atoms with Crippen molar-refractivity contribution in [1.82, 2.24) is 14.5 Å². The smallest absolute Gasteiger partial charge is 0.346 e. The molecule has 1 atom stereocenters. The van der Waals surface area contributed by atoms with E-state index in [4.69, 9.17) is 16.3 Å². The molecule has 0 amide bonds. The molecule has 0 aliphatic carbocycles. The molecule has 0 saturated carbocycles. The first-order chi connectivity index (χ1) is 19.2. The average molecular weight is 575 g/mol. The van der Waals surface area contributed by atoms with Crippen LogP contribution >= 0.6 is 11.6 Å². The van der Waals surface area contributed by atoms with Crippen molar-refractivity contribution in [1.29, 1.82) is 0 Å².